The summed E-state index contributed by atoms with van der Waals surface area (Å²) < 4.78 is 6.11. The second-order valence-corrected chi connectivity index (χ2v) is 9.92. The maximum atomic E-state index is 12.3. The van der Waals surface area contributed by atoms with Crippen molar-refractivity contribution in [3.63, 3.8) is 0 Å². The largest absolute Gasteiger partial charge is 0.493 e. The van der Waals surface area contributed by atoms with Crippen molar-refractivity contribution in [2.24, 2.45) is 11.8 Å². The summed E-state index contributed by atoms with van der Waals surface area (Å²) in [7, 11) is 0. The number of aliphatic hydroxyl groups excluding tert-OH is 2. The Morgan fingerprint density at radius 2 is 1.81 bits per heavy atom. The molecule has 8 nitrogen and oxygen atoms in total. The van der Waals surface area contributed by atoms with Gasteiger partial charge in [-0.2, -0.15) is 9.97 Å². The van der Waals surface area contributed by atoms with Crippen LogP contribution in [0.3, 0.4) is 0 Å². The van der Waals surface area contributed by atoms with Gasteiger partial charge in [0.1, 0.15) is 5.75 Å². The fourth-order valence-corrected chi connectivity index (χ4v) is 4.92. The molecule has 0 radical (unpaired) electrons. The van der Waals surface area contributed by atoms with Crippen molar-refractivity contribution in [2.45, 2.75) is 51.5 Å². The SMILES string of the molecule is CCc1cnc([NH+]2CCC(COc3ccc(C4=CCC(C(=O)NC(CO)CO)CC4)cc3)CC2)nc1. The minimum atomic E-state index is -0.587. The standard InChI is InChI=1S/C28H38N4O4/c1-2-20-15-29-28(30-16-20)32-13-11-21(12-14-32)19-36-26-9-7-23(8-10-26)22-3-5-24(6-4-22)27(35)31-25(17-33)18-34/h3,7-10,15-16,21,24-25,33-34H,2,4-6,11-14,17-19H2,1H3,(H,31,35)/p+1. The Hall–Kier alpha value is -2.81. The number of aliphatic hydroxyl groups is 2. The molecule has 0 saturated carbocycles. The predicted molar refractivity (Wildman–Crippen MR) is 138 cm³/mol. The number of aromatic nitrogens is 2. The van der Waals surface area contributed by atoms with Gasteiger partial charge in [0.25, 0.3) is 0 Å². The van der Waals surface area contributed by atoms with Crippen LogP contribution >= 0.6 is 0 Å². The highest BCUT2D eigenvalue weighted by Gasteiger charge is 2.26. The van der Waals surface area contributed by atoms with Gasteiger partial charge < -0.3 is 20.3 Å². The van der Waals surface area contributed by atoms with Gasteiger partial charge in [0.15, 0.2) is 0 Å². The molecule has 194 valence electrons. The van der Waals surface area contributed by atoms with Crippen molar-refractivity contribution in [2.75, 3.05) is 32.9 Å². The van der Waals surface area contributed by atoms with Crippen molar-refractivity contribution < 1.29 is 24.6 Å². The van der Waals surface area contributed by atoms with E-state index in [2.05, 4.69) is 40.4 Å². The molecular weight excluding hydrogens is 456 g/mol. The lowest BCUT2D eigenvalue weighted by molar-refractivity contribution is -0.845. The number of nitrogens with zero attached hydrogens (tertiary/aromatic N) is 2. The van der Waals surface area contributed by atoms with Gasteiger partial charge in [-0.3, -0.25) is 9.69 Å². The Morgan fingerprint density at radius 1 is 1.11 bits per heavy atom. The van der Waals surface area contributed by atoms with E-state index in [9.17, 15) is 4.79 Å². The lowest BCUT2D eigenvalue weighted by atomic mass is 9.86. The summed E-state index contributed by atoms with van der Waals surface area (Å²) in [5, 5.41) is 21.0. The number of nitrogens with one attached hydrogen (secondary N) is 2. The first-order chi connectivity index (χ1) is 17.6. The molecule has 8 heteroatoms. The second kappa shape index (κ2) is 12.9. The van der Waals surface area contributed by atoms with Gasteiger partial charge in [0.2, 0.25) is 5.91 Å². The van der Waals surface area contributed by atoms with Gasteiger partial charge in [-0.1, -0.05) is 25.1 Å². The van der Waals surface area contributed by atoms with Crippen LogP contribution in [0.4, 0.5) is 5.95 Å². The average molecular weight is 496 g/mol. The van der Waals surface area contributed by atoms with Crippen molar-refractivity contribution in [1.82, 2.24) is 15.3 Å². The zero-order chi connectivity index (χ0) is 25.3. The lowest BCUT2D eigenvalue weighted by Gasteiger charge is -2.27. The number of benzene rings is 1. The van der Waals surface area contributed by atoms with Crippen LogP contribution in [0, 0.1) is 11.8 Å². The van der Waals surface area contributed by atoms with Gasteiger partial charge in [-0.15, -0.1) is 0 Å². The quantitative estimate of drug-likeness (QED) is 0.400. The predicted octanol–water partition coefficient (Wildman–Crippen LogP) is 1.70. The van der Waals surface area contributed by atoms with Gasteiger partial charge in [0.05, 0.1) is 39.0 Å². The van der Waals surface area contributed by atoms with Crippen LogP contribution < -0.4 is 15.0 Å². The number of piperidine rings is 1. The molecule has 4 N–H and O–H groups in total. The molecule has 1 aromatic carbocycles. The van der Waals surface area contributed by atoms with Crippen molar-refractivity contribution >= 4 is 17.4 Å². The molecule has 36 heavy (non-hydrogen) atoms. The molecule has 4 rings (SSSR count). The number of carbonyl (C=O) groups is 1. The van der Waals surface area contributed by atoms with E-state index in [1.807, 2.05) is 24.5 Å². The average Bonchev–Trinajstić information content (AvgIpc) is 2.95. The maximum absolute atomic E-state index is 12.3. The molecule has 1 atom stereocenters. The normalized spacial score (nSPS) is 22.2. The second-order valence-electron chi connectivity index (χ2n) is 9.92. The Labute approximate surface area is 213 Å². The van der Waals surface area contributed by atoms with Crippen molar-refractivity contribution in [3.05, 3.63) is 53.9 Å². The molecule has 1 aliphatic heterocycles. The number of quaternary nitrogens is 1. The van der Waals surface area contributed by atoms with E-state index in [0.717, 1.165) is 69.1 Å². The molecule has 1 aromatic heterocycles. The number of ether oxygens (including phenoxy) is 1. The Balaban J connectivity index is 1.21. The highest BCUT2D eigenvalue weighted by molar-refractivity contribution is 5.80. The first kappa shape index (κ1) is 26.3. The highest BCUT2D eigenvalue weighted by Crippen LogP contribution is 2.31. The minimum Gasteiger partial charge on any atom is -0.493 e. The van der Waals surface area contributed by atoms with Crippen LogP contribution in [-0.4, -0.2) is 65.0 Å². The number of hydrogen-bond donors (Lipinski definition) is 4. The zero-order valence-corrected chi connectivity index (χ0v) is 21.2. The Bertz CT molecular complexity index is 997. The molecule has 1 amide bonds. The third kappa shape index (κ3) is 6.90. The molecule has 0 bridgehead atoms. The van der Waals surface area contributed by atoms with Crippen LogP contribution in [0.25, 0.3) is 5.57 Å². The number of aryl methyl sites for hydroxylation is 1. The van der Waals surface area contributed by atoms with Crippen LogP contribution in [0.5, 0.6) is 5.75 Å². The number of amides is 1. The monoisotopic (exact) mass is 495 g/mol. The fraction of sp³-hybridized carbons (Fsp3) is 0.536. The molecule has 2 aliphatic rings. The zero-order valence-electron chi connectivity index (χ0n) is 21.2. The summed E-state index contributed by atoms with van der Waals surface area (Å²) in [6.07, 6.45) is 11.4. The Morgan fingerprint density at radius 3 is 2.39 bits per heavy atom. The van der Waals surface area contributed by atoms with Gasteiger partial charge in [0, 0.05) is 37.1 Å². The lowest BCUT2D eigenvalue weighted by Crippen LogP contribution is -3.09. The van der Waals surface area contributed by atoms with E-state index in [1.54, 1.807) is 0 Å². The Kier molecular flexibility index (Phi) is 9.44. The maximum Gasteiger partial charge on any atom is 0.327 e. The topological polar surface area (TPSA) is 109 Å². The summed E-state index contributed by atoms with van der Waals surface area (Å²) in [4.78, 5) is 22.8. The molecule has 1 unspecified atom stereocenters. The summed E-state index contributed by atoms with van der Waals surface area (Å²) in [5.41, 5.74) is 3.59. The van der Waals surface area contributed by atoms with Crippen molar-refractivity contribution in [1.29, 1.82) is 0 Å². The molecule has 0 spiro atoms. The molecular formula is C28H39N4O4+. The summed E-state index contributed by atoms with van der Waals surface area (Å²) in [6, 6.07) is 7.67. The van der Waals surface area contributed by atoms with Gasteiger partial charge in [-0.25, -0.2) is 0 Å². The van der Waals surface area contributed by atoms with Gasteiger partial charge in [-0.05, 0) is 54.5 Å². The van der Waals surface area contributed by atoms with E-state index in [-0.39, 0.29) is 25.0 Å². The molecule has 1 aliphatic carbocycles. The van der Waals surface area contributed by atoms with E-state index in [1.165, 1.54) is 16.0 Å². The summed E-state index contributed by atoms with van der Waals surface area (Å²) >= 11 is 0. The fourth-order valence-electron chi connectivity index (χ4n) is 4.92. The van der Waals surface area contributed by atoms with Crippen LogP contribution in [-0.2, 0) is 11.2 Å². The van der Waals surface area contributed by atoms with Crippen LogP contribution in [0.15, 0.2) is 42.7 Å². The first-order valence-electron chi connectivity index (χ1n) is 13.2. The van der Waals surface area contributed by atoms with E-state index >= 15 is 0 Å². The first-order valence-corrected chi connectivity index (χ1v) is 13.2. The number of hydrogen-bond acceptors (Lipinski definition) is 6. The molecule has 1 fully saturated rings. The highest BCUT2D eigenvalue weighted by atomic mass is 16.5. The number of rotatable bonds is 10. The van der Waals surface area contributed by atoms with E-state index in [4.69, 9.17) is 14.9 Å². The van der Waals surface area contributed by atoms with E-state index in [0.29, 0.717) is 12.3 Å². The van der Waals surface area contributed by atoms with E-state index < -0.39 is 6.04 Å². The molecule has 2 heterocycles. The minimum absolute atomic E-state index is 0.100. The third-order valence-electron chi connectivity index (χ3n) is 7.42. The molecule has 1 saturated heterocycles. The summed E-state index contributed by atoms with van der Waals surface area (Å²) in [5.74, 6) is 2.12. The van der Waals surface area contributed by atoms with Crippen molar-refractivity contribution in [3.8, 4) is 5.75 Å². The van der Waals surface area contributed by atoms with Crippen LogP contribution in [0.2, 0.25) is 0 Å². The smallest absolute Gasteiger partial charge is 0.327 e. The number of carbonyl (C=O) groups excluding carboxylic acids is 1. The van der Waals surface area contributed by atoms with Gasteiger partial charge >= 0.3 is 5.95 Å². The van der Waals surface area contributed by atoms with Crippen LogP contribution in [0.1, 0.15) is 50.2 Å². The molecule has 2 aromatic rings. The number of allylic oxidation sites excluding steroid dienone is 2. The summed E-state index contributed by atoms with van der Waals surface area (Å²) in [6.45, 7) is 4.40. The third-order valence-corrected chi connectivity index (χ3v) is 7.42.